The predicted molar refractivity (Wildman–Crippen MR) is 55.5 cm³/mol. The summed E-state index contributed by atoms with van der Waals surface area (Å²) in [7, 11) is 0. The second-order valence-corrected chi connectivity index (χ2v) is 3.56. The van der Waals surface area contributed by atoms with E-state index in [9.17, 15) is 4.79 Å². The fourth-order valence-electron chi connectivity index (χ4n) is 1.30. The lowest BCUT2D eigenvalue weighted by atomic mass is 10.1. The maximum atomic E-state index is 10.8. The minimum absolute atomic E-state index is 0.310. The van der Waals surface area contributed by atoms with Gasteiger partial charge in [0.15, 0.2) is 5.05 Å². The number of rotatable bonds is 5. The first-order chi connectivity index (χ1) is 6.24. The number of thiocarbonyl (C=S) groups is 1. The van der Waals surface area contributed by atoms with Gasteiger partial charge in [-0.2, -0.15) is 0 Å². The van der Waals surface area contributed by atoms with Gasteiger partial charge in [-0.05, 0) is 25.1 Å². The molecule has 0 saturated carbocycles. The lowest BCUT2D eigenvalue weighted by Crippen LogP contribution is -1.99. The van der Waals surface area contributed by atoms with Gasteiger partial charge in [0.25, 0.3) is 0 Å². The maximum absolute atomic E-state index is 10.8. The van der Waals surface area contributed by atoms with Gasteiger partial charge < -0.3 is 4.74 Å². The second kappa shape index (κ2) is 5.12. The van der Waals surface area contributed by atoms with Crippen molar-refractivity contribution in [1.29, 1.82) is 0 Å². The number of esters is 1. The Morgan fingerprint density at radius 1 is 1.38 bits per heavy atom. The van der Waals surface area contributed by atoms with E-state index in [1.54, 1.807) is 0 Å². The molecule has 1 aliphatic heterocycles. The third-order valence-electron chi connectivity index (χ3n) is 2.05. The molecule has 72 valence electrons. The van der Waals surface area contributed by atoms with Crippen molar-refractivity contribution in [3.63, 3.8) is 0 Å². The quantitative estimate of drug-likeness (QED) is 0.386. The van der Waals surface area contributed by atoms with E-state index in [2.05, 4.69) is 6.92 Å². The van der Waals surface area contributed by atoms with Crippen molar-refractivity contribution in [2.45, 2.75) is 39.0 Å². The number of hydrogen-bond acceptors (Lipinski definition) is 3. The van der Waals surface area contributed by atoms with Gasteiger partial charge >= 0.3 is 5.97 Å². The molecule has 13 heavy (non-hydrogen) atoms. The second-order valence-electron chi connectivity index (χ2n) is 3.19. The van der Waals surface area contributed by atoms with Crippen LogP contribution < -0.4 is 0 Å². The minimum atomic E-state index is -0.310. The van der Waals surface area contributed by atoms with Crippen molar-refractivity contribution in [1.82, 2.24) is 0 Å². The van der Waals surface area contributed by atoms with Crippen molar-refractivity contribution >= 4 is 23.2 Å². The van der Waals surface area contributed by atoms with E-state index in [0.29, 0.717) is 5.05 Å². The first-order valence-corrected chi connectivity index (χ1v) is 5.11. The van der Waals surface area contributed by atoms with Crippen LogP contribution in [0.5, 0.6) is 0 Å². The molecule has 0 amide bonds. The number of hydrogen-bond donors (Lipinski definition) is 0. The molecule has 0 aromatic rings. The van der Waals surface area contributed by atoms with Crippen molar-refractivity contribution in [3.8, 4) is 0 Å². The molecule has 0 unspecified atom stereocenters. The zero-order chi connectivity index (χ0) is 9.68. The van der Waals surface area contributed by atoms with E-state index < -0.39 is 0 Å². The molecule has 0 aliphatic carbocycles. The Kier molecular flexibility index (Phi) is 4.09. The molecule has 1 rings (SSSR count). The molecular weight excluding hydrogens is 184 g/mol. The number of cyclic esters (lactones) is 1. The van der Waals surface area contributed by atoms with Crippen molar-refractivity contribution in [3.05, 3.63) is 11.6 Å². The highest BCUT2D eigenvalue weighted by molar-refractivity contribution is 7.80. The van der Waals surface area contributed by atoms with Gasteiger partial charge in [-0.15, -0.1) is 0 Å². The normalized spacial score (nSPS) is 15.9. The van der Waals surface area contributed by atoms with Crippen molar-refractivity contribution < 1.29 is 9.53 Å². The molecule has 0 N–H and O–H groups in total. The molecule has 3 heteroatoms. The van der Waals surface area contributed by atoms with E-state index >= 15 is 0 Å². The smallest absolute Gasteiger partial charge is 0.337 e. The van der Waals surface area contributed by atoms with Crippen LogP contribution in [0.25, 0.3) is 0 Å². The third kappa shape index (κ3) is 3.27. The maximum Gasteiger partial charge on any atom is 0.337 e. The Bertz CT molecular complexity index is 243. The van der Waals surface area contributed by atoms with Gasteiger partial charge in [-0.1, -0.05) is 26.2 Å². The third-order valence-corrected chi connectivity index (χ3v) is 2.39. The monoisotopic (exact) mass is 198 g/mol. The summed E-state index contributed by atoms with van der Waals surface area (Å²) < 4.78 is 4.73. The van der Waals surface area contributed by atoms with Crippen LogP contribution in [0.15, 0.2) is 11.6 Å². The molecule has 0 saturated heterocycles. The Balaban J connectivity index is 2.25. The van der Waals surface area contributed by atoms with Crippen LogP contribution in [0.2, 0.25) is 0 Å². The topological polar surface area (TPSA) is 26.3 Å². The van der Waals surface area contributed by atoms with Crippen LogP contribution in [-0.4, -0.2) is 11.0 Å². The van der Waals surface area contributed by atoms with Gasteiger partial charge in [0, 0.05) is 11.6 Å². The number of carbonyl (C=O) groups excluding carboxylic acids is 1. The fraction of sp³-hybridized carbons (Fsp3) is 0.600. The Hall–Kier alpha value is -0.700. The molecule has 1 aliphatic rings. The van der Waals surface area contributed by atoms with Gasteiger partial charge in [-0.25, -0.2) is 4.79 Å². The summed E-state index contributed by atoms with van der Waals surface area (Å²) in [6, 6.07) is 0. The van der Waals surface area contributed by atoms with E-state index in [0.717, 1.165) is 18.4 Å². The molecular formula is C10H14O2S. The summed E-state index contributed by atoms with van der Waals surface area (Å²) in [4.78, 5) is 10.8. The van der Waals surface area contributed by atoms with Crippen LogP contribution in [0.1, 0.15) is 39.0 Å². The average molecular weight is 198 g/mol. The minimum Gasteiger partial charge on any atom is -0.411 e. The molecule has 0 spiro atoms. The van der Waals surface area contributed by atoms with Crippen LogP contribution in [-0.2, 0) is 9.53 Å². The predicted octanol–water partition coefficient (Wildman–Crippen LogP) is 2.77. The van der Waals surface area contributed by atoms with E-state index in [1.807, 2.05) is 0 Å². The largest absolute Gasteiger partial charge is 0.411 e. The first-order valence-electron chi connectivity index (χ1n) is 4.70. The highest BCUT2D eigenvalue weighted by Crippen LogP contribution is 2.17. The lowest BCUT2D eigenvalue weighted by molar-refractivity contribution is -0.129. The van der Waals surface area contributed by atoms with E-state index in [1.165, 1.54) is 25.3 Å². The van der Waals surface area contributed by atoms with Gasteiger partial charge in [0.1, 0.15) is 0 Å². The van der Waals surface area contributed by atoms with Crippen molar-refractivity contribution in [2.24, 2.45) is 0 Å². The van der Waals surface area contributed by atoms with Gasteiger partial charge in [-0.3, -0.25) is 0 Å². The Morgan fingerprint density at radius 2 is 2.15 bits per heavy atom. The molecule has 0 bridgehead atoms. The highest BCUT2D eigenvalue weighted by atomic mass is 32.1. The molecule has 1 heterocycles. The van der Waals surface area contributed by atoms with Crippen LogP contribution in [0.3, 0.4) is 0 Å². The molecule has 0 radical (unpaired) electrons. The average Bonchev–Trinajstić information content (AvgIpc) is 2.39. The Labute approximate surface area is 84.0 Å². The molecule has 0 aromatic heterocycles. The summed E-state index contributed by atoms with van der Waals surface area (Å²) in [6.45, 7) is 2.17. The van der Waals surface area contributed by atoms with Crippen molar-refractivity contribution in [2.75, 3.05) is 0 Å². The summed E-state index contributed by atoms with van der Waals surface area (Å²) in [5, 5.41) is 0.376. The molecule has 2 nitrogen and oxygen atoms in total. The molecule has 0 aromatic carbocycles. The Morgan fingerprint density at radius 3 is 2.69 bits per heavy atom. The van der Waals surface area contributed by atoms with Crippen LogP contribution in [0.4, 0.5) is 0 Å². The first kappa shape index (κ1) is 10.4. The summed E-state index contributed by atoms with van der Waals surface area (Å²) in [5.74, 6) is -0.310. The van der Waals surface area contributed by atoms with Crippen LogP contribution >= 0.6 is 12.2 Å². The number of carbonyl (C=O) groups is 1. The van der Waals surface area contributed by atoms with E-state index in [4.69, 9.17) is 17.0 Å². The summed E-state index contributed by atoms with van der Waals surface area (Å²) in [5.41, 5.74) is 0.899. The zero-order valence-electron chi connectivity index (χ0n) is 7.84. The molecule has 0 atom stereocenters. The fourth-order valence-corrected chi connectivity index (χ4v) is 1.55. The van der Waals surface area contributed by atoms with E-state index in [-0.39, 0.29) is 5.97 Å². The highest BCUT2D eigenvalue weighted by Gasteiger charge is 2.18. The van der Waals surface area contributed by atoms with Crippen LogP contribution in [0, 0.1) is 0 Å². The number of ether oxygens (including phenoxy) is 1. The summed E-state index contributed by atoms with van der Waals surface area (Å²) >= 11 is 4.88. The number of unbranched alkanes of at least 4 members (excludes halogenated alkanes) is 3. The zero-order valence-corrected chi connectivity index (χ0v) is 8.65. The van der Waals surface area contributed by atoms with Gasteiger partial charge in [0.05, 0.1) is 0 Å². The van der Waals surface area contributed by atoms with Gasteiger partial charge in [0.2, 0.25) is 0 Å². The SMILES string of the molecule is CCCCCCC1=CC(=O)OC1=S. The lowest BCUT2D eigenvalue weighted by Gasteiger charge is -1.99. The standard InChI is InChI=1S/C10H14O2S/c1-2-3-4-5-6-8-7-9(11)12-10(8)13/h7H,2-6H2,1H3. The molecule has 0 fully saturated rings. The summed E-state index contributed by atoms with van der Waals surface area (Å²) in [6.07, 6.45) is 7.15.